The quantitative estimate of drug-likeness (QED) is 0.792. The molecule has 1 aliphatic rings. The monoisotopic (exact) mass is 354 g/mol. The van der Waals surface area contributed by atoms with Crippen molar-refractivity contribution in [3.63, 3.8) is 0 Å². The van der Waals surface area contributed by atoms with Crippen molar-refractivity contribution in [2.75, 3.05) is 35.2 Å². The number of ether oxygens (including phenoxy) is 1. The minimum Gasteiger partial charge on any atom is -0.372 e. The zero-order valence-corrected chi connectivity index (χ0v) is 15.4. The highest BCUT2D eigenvalue weighted by Crippen LogP contribution is 2.21. The molecular weight excluding hydrogens is 328 g/mol. The highest BCUT2D eigenvalue weighted by atomic mass is 16.5. The second kappa shape index (κ2) is 8.67. The molecule has 2 aromatic rings. The third-order valence-corrected chi connectivity index (χ3v) is 4.52. The van der Waals surface area contributed by atoms with Crippen molar-refractivity contribution < 1.29 is 9.53 Å². The molecule has 1 unspecified atom stereocenters. The molecule has 1 aromatic carbocycles. The maximum atomic E-state index is 12.0. The van der Waals surface area contributed by atoms with E-state index in [9.17, 15) is 4.79 Å². The third-order valence-electron chi connectivity index (χ3n) is 4.52. The predicted molar refractivity (Wildman–Crippen MR) is 105 cm³/mol. The van der Waals surface area contributed by atoms with Gasteiger partial charge in [0.2, 0.25) is 0 Å². The number of nitrogens with zero attached hydrogens (tertiary/aromatic N) is 2. The Morgan fingerprint density at radius 1 is 1.15 bits per heavy atom. The minimum absolute atomic E-state index is 0.1000. The molecule has 1 aromatic heterocycles. The van der Waals surface area contributed by atoms with Crippen LogP contribution >= 0.6 is 0 Å². The van der Waals surface area contributed by atoms with Gasteiger partial charge in [0.15, 0.2) is 0 Å². The predicted octanol–water partition coefficient (Wildman–Crippen LogP) is 3.79. The standard InChI is InChI=1S/C20H26N4O2/c1-3-24(4-2)17-10-7-15(8-11-17)22-19-12-9-16(14-21-19)23-20(25)18-6-5-13-26-18/h7-12,14,18H,3-6,13H2,1-2H3,(H,21,22)(H,23,25). The molecule has 3 rings (SSSR count). The van der Waals surface area contributed by atoms with Crippen molar-refractivity contribution in [2.24, 2.45) is 0 Å². The van der Waals surface area contributed by atoms with Crippen LogP contribution in [0.4, 0.5) is 22.9 Å². The molecule has 1 amide bonds. The first-order valence-electron chi connectivity index (χ1n) is 9.20. The van der Waals surface area contributed by atoms with Gasteiger partial charge in [-0.3, -0.25) is 4.79 Å². The van der Waals surface area contributed by atoms with Crippen molar-refractivity contribution >= 4 is 28.8 Å². The van der Waals surface area contributed by atoms with E-state index in [4.69, 9.17) is 4.74 Å². The topological polar surface area (TPSA) is 66.5 Å². The molecule has 6 nitrogen and oxygen atoms in total. The molecule has 138 valence electrons. The average Bonchev–Trinajstić information content (AvgIpc) is 3.21. The fourth-order valence-electron chi connectivity index (χ4n) is 3.04. The van der Waals surface area contributed by atoms with Crippen molar-refractivity contribution in [1.29, 1.82) is 0 Å². The largest absolute Gasteiger partial charge is 0.372 e. The van der Waals surface area contributed by atoms with E-state index in [1.807, 2.05) is 24.3 Å². The molecule has 6 heteroatoms. The molecule has 1 fully saturated rings. The van der Waals surface area contributed by atoms with E-state index in [1.54, 1.807) is 6.20 Å². The van der Waals surface area contributed by atoms with E-state index < -0.39 is 0 Å². The van der Waals surface area contributed by atoms with Crippen molar-refractivity contribution in [3.05, 3.63) is 42.6 Å². The Morgan fingerprint density at radius 2 is 1.88 bits per heavy atom. The number of anilines is 4. The van der Waals surface area contributed by atoms with E-state index in [2.05, 4.69) is 46.5 Å². The van der Waals surface area contributed by atoms with Gasteiger partial charge >= 0.3 is 0 Å². The summed E-state index contributed by atoms with van der Waals surface area (Å²) in [7, 11) is 0. The Balaban J connectivity index is 1.57. The summed E-state index contributed by atoms with van der Waals surface area (Å²) in [6, 6.07) is 12.0. The van der Waals surface area contributed by atoms with Crippen molar-refractivity contribution in [1.82, 2.24) is 4.98 Å². The van der Waals surface area contributed by atoms with Gasteiger partial charge in [-0.1, -0.05) is 0 Å². The number of carbonyl (C=O) groups is 1. The first kappa shape index (κ1) is 18.2. The van der Waals surface area contributed by atoms with E-state index in [-0.39, 0.29) is 12.0 Å². The first-order chi connectivity index (χ1) is 12.7. The fraction of sp³-hybridized carbons (Fsp3) is 0.400. The summed E-state index contributed by atoms with van der Waals surface area (Å²) in [4.78, 5) is 18.7. The van der Waals surface area contributed by atoms with Crippen LogP contribution in [-0.2, 0) is 9.53 Å². The van der Waals surface area contributed by atoms with Crippen molar-refractivity contribution in [2.45, 2.75) is 32.8 Å². The van der Waals surface area contributed by atoms with Gasteiger partial charge in [-0.05, 0) is 63.1 Å². The number of rotatable bonds is 7. The Hall–Kier alpha value is -2.60. The molecule has 0 bridgehead atoms. The van der Waals surface area contributed by atoms with Gasteiger partial charge in [0, 0.05) is 31.1 Å². The van der Waals surface area contributed by atoms with Crippen LogP contribution in [0.3, 0.4) is 0 Å². The fourth-order valence-corrected chi connectivity index (χ4v) is 3.04. The number of pyridine rings is 1. The van der Waals surface area contributed by atoms with Crippen LogP contribution in [0.25, 0.3) is 0 Å². The third kappa shape index (κ3) is 4.52. The van der Waals surface area contributed by atoms with Crippen LogP contribution in [0.5, 0.6) is 0 Å². The smallest absolute Gasteiger partial charge is 0.253 e. The zero-order valence-electron chi connectivity index (χ0n) is 15.4. The van der Waals surface area contributed by atoms with Gasteiger partial charge in [0.05, 0.1) is 11.9 Å². The number of carbonyl (C=O) groups excluding carboxylic acids is 1. The van der Waals surface area contributed by atoms with Gasteiger partial charge in [-0.2, -0.15) is 0 Å². The first-order valence-corrected chi connectivity index (χ1v) is 9.20. The van der Waals surface area contributed by atoms with Crippen LogP contribution in [0.15, 0.2) is 42.6 Å². The molecule has 1 aliphatic heterocycles. The summed E-state index contributed by atoms with van der Waals surface area (Å²) in [6.07, 6.45) is 3.03. The Morgan fingerprint density at radius 3 is 2.46 bits per heavy atom. The summed E-state index contributed by atoms with van der Waals surface area (Å²) in [6.45, 7) is 6.94. The highest BCUT2D eigenvalue weighted by Gasteiger charge is 2.23. The molecule has 0 spiro atoms. The van der Waals surface area contributed by atoms with Crippen LogP contribution in [0, 0.1) is 0 Å². The van der Waals surface area contributed by atoms with Gasteiger partial charge < -0.3 is 20.3 Å². The van der Waals surface area contributed by atoms with Crippen molar-refractivity contribution in [3.8, 4) is 0 Å². The van der Waals surface area contributed by atoms with Gasteiger partial charge in [-0.25, -0.2) is 4.98 Å². The van der Waals surface area contributed by atoms with E-state index in [1.165, 1.54) is 5.69 Å². The van der Waals surface area contributed by atoms with E-state index >= 15 is 0 Å². The number of benzene rings is 1. The number of hydrogen-bond donors (Lipinski definition) is 2. The summed E-state index contributed by atoms with van der Waals surface area (Å²) in [5.74, 6) is 0.632. The summed E-state index contributed by atoms with van der Waals surface area (Å²) in [5.41, 5.74) is 2.86. The summed E-state index contributed by atoms with van der Waals surface area (Å²) in [5, 5.41) is 6.12. The van der Waals surface area contributed by atoms with E-state index in [0.29, 0.717) is 12.3 Å². The molecule has 2 N–H and O–H groups in total. The lowest BCUT2D eigenvalue weighted by atomic mass is 10.2. The number of aromatic nitrogens is 1. The average molecular weight is 354 g/mol. The van der Waals surface area contributed by atoms with Crippen LogP contribution in [0.2, 0.25) is 0 Å². The van der Waals surface area contributed by atoms with Gasteiger partial charge in [-0.15, -0.1) is 0 Å². The molecule has 0 aliphatic carbocycles. The minimum atomic E-state index is -0.336. The molecule has 26 heavy (non-hydrogen) atoms. The lowest BCUT2D eigenvalue weighted by Gasteiger charge is -2.21. The maximum absolute atomic E-state index is 12.0. The molecule has 1 saturated heterocycles. The zero-order chi connectivity index (χ0) is 18.4. The number of hydrogen-bond acceptors (Lipinski definition) is 5. The van der Waals surface area contributed by atoms with Crippen LogP contribution in [0.1, 0.15) is 26.7 Å². The normalized spacial score (nSPS) is 16.3. The lowest BCUT2D eigenvalue weighted by Crippen LogP contribution is -2.26. The summed E-state index contributed by atoms with van der Waals surface area (Å²) < 4.78 is 5.38. The second-order valence-electron chi connectivity index (χ2n) is 6.27. The molecule has 0 radical (unpaired) electrons. The van der Waals surface area contributed by atoms with E-state index in [0.717, 1.165) is 37.4 Å². The molecule has 2 heterocycles. The Kier molecular flexibility index (Phi) is 6.07. The Bertz CT molecular complexity index is 706. The van der Waals surface area contributed by atoms with Crippen LogP contribution in [-0.4, -0.2) is 36.7 Å². The lowest BCUT2D eigenvalue weighted by molar-refractivity contribution is -0.124. The molecular formula is C20H26N4O2. The van der Waals surface area contributed by atoms with Crippen LogP contribution < -0.4 is 15.5 Å². The molecule has 0 saturated carbocycles. The number of nitrogens with one attached hydrogen (secondary N) is 2. The Labute approximate surface area is 154 Å². The SMILES string of the molecule is CCN(CC)c1ccc(Nc2ccc(NC(=O)C3CCCO3)cn2)cc1. The summed E-state index contributed by atoms with van der Waals surface area (Å²) >= 11 is 0. The number of amides is 1. The maximum Gasteiger partial charge on any atom is 0.253 e. The second-order valence-corrected chi connectivity index (χ2v) is 6.27. The van der Waals surface area contributed by atoms with Gasteiger partial charge in [0.1, 0.15) is 11.9 Å². The molecule has 1 atom stereocenters. The highest BCUT2D eigenvalue weighted by molar-refractivity contribution is 5.94. The van der Waals surface area contributed by atoms with Gasteiger partial charge in [0.25, 0.3) is 5.91 Å².